The van der Waals surface area contributed by atoms with Gasteiger partial charge >= 0.3 is 5.97 Å². The van der Waals surface area contributed by atoms with Crippen LogP contribution >= 0.6 is 0 Å². The fraction of sp³-hybridized carbons (Fsp3) is 0.364. The Kier molecular flexibility index (Phi) is 6.99. The SMILES string of the molecule is CCC(C)(C)c1ccc(OCCCC(=O)Nc2ccccc2C(=O)O)cc1. The molecule has 0 radical (unpaired) electrons. The molecule has 0 bridgehead atoms. The number of carboxylic acids is 1. The summed E-state index contributed by atoms with van der Waals surface area (Å²) in [7, 11) is 0. The third-order valence-electron chi connectivity index (χ3n) is 4.77. The first-order valence-corrected chi connectivity index (χ1v) is 9.19. The molecule has 2 aromatic rings. The molecule has 0 saturated carbocycles. The Morgan fingerprint density at radius 3 is 2.37 bits per heavy atom. The lowest BCUT2D eigenvalue weighted by Gasteiger charge is -2.23. The van der Waals surface area contributed by atoms with Crippen molar-refractivity contribution in [3.8, 4) is 5.75 Å². The average Bonchev–Trinajstić information content (AvgIpc) is 2.66. The number of carboxylic acid groups (broad SMARTS) is 1. The normalized spacial score (nSPS) is 11.1. The van der Waals surface area contributed by atoms with Crippen molar-refractivity contribution < 1.29 is 19.4 Å². The summed E-state index contributed by atoms with van der Waals surface area (Å²) in [5.74, 6) is -0.515. The molecular formula is C22H27NO4. The van der Waals surface area contributed by atoms with Crippen molar-refractivity contribution in [1.82, 2.24) is 0 Å². The van der Waals surface area contributed by atoms with Crippen LogP contribution in [-0.4, -0.2) is 23.6 Å². The molecule has 0 saturated heterocycles. The van der Waals surface area contributed by atoms with Gasteiger partial charge in [0.05, 0.1) is 17.9 Å². The van der Waals surface area contributed by atoms with Gasteiger partial charge in [-0.1, -0.05) is 45.0 Å². The zero-order valence-electron chi connectivity index (χ0n) is 16.1. The highest BCUT2D eigenvalue weighted by Gasteiger charge is 2.17. The van der Waals surface area contributed by atoms with E-state index in [1.165, 1.54) is 11.6 Å². The maximum atomic E-state index is 12.0. The predicted molar refractivity (Wildman–Crippen MR) is 107 cm³/mol. The number of hydrogen-bond donors (Lipinski definition) is 2. The minimum atomic E-state index is -1.07. The second-order valence-corrected chi connectivity index (χ2v) is 7.11. The van der Waals surface area contributed by atoms with Crippen molar-refractivity contribution in [2.75, 3.05) is 11.9 Å². The summed E-state index contributed by atoms with van der Waals surface area (Å²) in [4.78, 5) is 23.2. The third-order valence-corrected chi connectivity index (χ3v) is 4.77. The van der Waals surface area contributed by atoms with E-state index in [4.69, 9.17) is 9.84 Å². The van der Waals surface area contributed by atoms with Crippen LogP contribution in [0, 0.1) is 0 Å². The molecule has 2 aromatic carbocycles. The van der Waals surface area contributed by atoms with E-state index in [1.54, 1.807) is 18.2 Å². The van der Waals surface area contributed by atoms with Gasteiger partial charge in [-0.2, -0.15) is 0 Å². The van der Waals surface area contributed by atoms with Crippen LogP contribution in [0.25, 0.3) is 0 Å². The van der Waals surface area contributed by atoms with Crippen molar-refractivity contribution in [2.45, 2.75) is 45.4 Å². The van der Waals surface area contributed by atoms with E-state index in [9.17, 15) is 9.59 Å². The number of rotatable bonds is 9. The summed E-state index contributed by atoms with van der Waals surface area (Å²) in [6.45, 7) is 7.02. The average molecular weight is 369 g/mol. The van der Waals surface area contributed by atoms with Crippen LogP contribution in [0.1, 0.15) is 56.0 Å². The Morgan fingerprint density at radius 2 is 1.74 bits per heavy atom. The molecule has 0 atom stereocenters. The van der Waals surface area contributed by atoms with Gasteiger partial charge in [0.15, 0.2) is 0 Å². The van der Waals surface area contributed by atoms with E-state index < -0.39 is 5.97 Å². The van der Waals surface area contributed by atoms with Crippen LogP contribution in [-0.2, 0) is 10.2 Å². The van der Waals surface area contributed by atoms with Gasteiger partial charge in [-0.15, -0.1) is 0 Å². The second-order valence-electron chi connectivity index (χ2n) is 7.11. The summed E-state index contributed by atoms with van der Waals surface area (Å²) in [6, 6.07) is 14.4. The monoisotopic (exact) mass is 369 g/mol. The van der Waals surface area contributed by atoms with E-state index in [1.807, 2.05) is 12.1 Å². The van der Waals surface area contributed by atoms with Crippen molar-refractivity contribution in [3.63, 3.8) is 0 Å². The first-order chi connectivity index (χ1) is 12.8. The number of carbonyl (C=O) groups is 2. The molecule has 0 aromatic heterocycles. The number of amides is 1. The van der Waals surface area contributed by atoms with Crippen LogP contribution in [0.4, 0.5) is 5.69 Å². The van der Waals surface area contributed by atoms with Crippen molar-refractivity contribution >= 4 is 17.6 Å². The predicted octanol–water partition coefficient (Wildman–Crippen LogP) is 4.87. The Labute approximate surface area is 160 Å². The van der Waals surface area contributed by atoms with Gasteiger partial charge < -0.3 is 15.2 Å². The number of ether oxygens (including phenoxy) is 1. The van der Waals surface area contributed by atoms with Gasteiger partial charge in [0.25, 0.3) is 0 Å². The number of anilines is 1. The smallest absolute Gasteiger partial charge is 0.337 e. The Bertz CT molecular complexity index is 781. The highest BCUT2D eigenvalue weighted by molar-refractivity contribution is 6.00. The Balaban J connectivity index is 1.78. The lowest BCUT2D eigenvalue weighted by Crippen LogP contribution is -2.15. The molecule has 0 aliphatic carbocycles. The third kappa shape index (κ3) is 5.84. The van der Waals surface area contributed by atoms with Crippen LogP contribution in [0.15, 0.2) is 48.5 Å². The van der Waals surface area contributed by atoms with Gasteiger partial charge in [0, 0.05) is 6.42 Å². The molecule has 2 rings (SSSR count). The number of aromatic carboxylic acids is 1. The Hall–Kier alpha value is -2.82. The molecule has 0 heterocycles. The van der Waals surface area contributed by atoms with Gasteiger partial charge in [-0.3, -0.25) is 4.79 Å². The van der Waals surface area contributed by atoms with Gasteiger partial charge in [-0.05, 0) is 48.1 Å². The van der Waals surface area contributed by atoms with Crippen molar-refractivity contribution in [1.29, 1.82) is 0 Å². The quantitative estimate of drug-likeness (QED) is 0.618. The number of hydrogen-bond acceptors (Lipinski definition) is 3. The molecule has 0 fully saturated rings. The summed E-state index contributed by atoms with van der Waals surface area (Å²) >= 11 is 0. The lowest BCUT2D eigenvalue weighted by atomic mass is 9.82. The highest BCUT2D eigenvalue weighted by Crippen LogP contribution is 2.28. The molecule has 5 heteroatoms. The van der Waals surface area contributed by atoms with Gasteiger partial charge in [0.2, 0.25) is 5.91 Å². The molecule has 1 amide bonds. The first kappa shape index (κ1) is 20.5. The summed E-state index contributed by atoms with van der Waals surface area (Å²) in [5.41, 5.74) is 1.80. The molecule has 144 valence electrons. The summed E-state index contributed by atoms with van der Waals surface area (Å²) in [5, 5.41) is 11.8. The van der Waals surface area contributed by atoms with Crippen LogP contribution in [0.5, 0.6) is 5.75 Å². The maximum Gasteiger partial charge on any atom is 0.337 e. The van der Waals surface area contributed by atoms with Crippen LogP contribution < -0.4 is 10.1 Å². The zero-order valence-corrected chi connectivity index (χ0v) is 16.1. The van der Waals surface area contributed by atoms with Crippen LogP contribution in [0.3, 0.4) is 0 Å². The van der Waals surface area contributed by atoms with E-state index in [-0.39, 0.29) is 23.3 Å². The molecule has 0 spiro atoms. The number of benzene rings is 2. The van der Waals surface area contributed by atoms with E-state index in [0.29, 0.717) is 18.7 Å². The highest BCUT2D eigenvalue weighted by atomic mass is 16.5. The van der Waals surface area contributed by atoms with E-state index >= 15 is 0 Å². The second kappa shape index (κ2) is 9.21. The number of carbonyl (C=O) groups excluding carboxylic acids is 1. The molecular weight excluding hydrogens is 342 g/mol. The number of nitrogens with one attached hydrogen (secondary N) is 1. The summed E-state index contributed by atoms with van der Waals surface area (Å²) < 4.78 is 5.70. The maximum absolute atomic E-state index is 12.0. The van der Waals surface area contributed by atoms with Crippen LogP contribution in [0.2, 0.25) is 0 Å². The van der Waals surface area contributed by atoms with Crippen molar-refractivity contribution in [2.24, 2.45) is 0 Å². The minimum absolute atomic E-state index is 0.0807. The first-order valence-electron chi connectivity index (χ1n) is 9.19. The fourth-order valence-corrected chi connectivity index (χ4v) is 2.62. The molecule has 2 N–H and O–H groups in total. The molecule has 0 unspecified atom stereocenters. The van der Waals surface area contributed by atoms with E-state index in [0.717, 1.165) is 12.2 Å². The topological polar surface area (TPSA) is 75.6 Å². The standard InChI is InChI=1S/C22H27NO4/c1-4-22(2,3)16-11-13-17(14-12-16)27-15-7-10-20(24)23-19-9-6-5-8-18(19)21(25)26/h5-6,8-9,11-14H,4,7,10,15H2,1-3H3,(H,23,24)(H,25,26). The minimum Gasteiger partial charge on any atom is -0.494 e. The lowest BCUT2D eigenvalue weighted by molar-refractivity contribution is -0.116. The largest absolute Gasteiger partial charge is 0.494 e. The molecule has 5 nitrogen and oxygen atoms in total. The number of para-hydroxylation sites is 1. The van der Waals surface area contributed by atoms with Gasteiger partial charge in [0.1, 0.15) is 5.75 Å². The Morgan fingerprint density at radius 1 is 1.07 bits per heavy atom. The summed E-state index contributed by atoms with van der Waals surface area (Å²) in [6.07, 6.45) is 1.87. The molecule has 0 aliphatic rings. The fourth-order valence-electron chi connectivity index (χ4n) is 2.62. The van der Waals surface area contributed by atoms with Gasteiger partial charge in [-0.25, -0.2) is 4.79 Å². The van der Waals surface area contributed by atoms with E-state index in [2.05, 4.69) is 38.2 Å². The molecule has 0 aliphatic heterocycles. The van der Waals surface area contributed by atoms with Crippen molar-refractivity contribution in [3.05, 3.63) is 59.7 Å². The zero-order chi connectivity index (χ0) is 19.9. The molecule has 27 heavy (non-hydrogen) atoms.